The van der Waals surface area contributed by atoms with E-state index in [0.717, 1.165) is 9.78 Å². The minimum absolute atomic E-state index is 0.244. The van der Waals surface area contributed by atoms with E-state index in [2.05, 4.69) is 10.4 Å². The average Bonchev–Trinajstić information content (AvgIpc) is 3.35. The summed E-state index contributed by atoms with van der Waals surface area (Å²) in [4.78, 5) is 39.5. The first-order chi connectivity index (χ1) is 12.6. The molecular weight excluding hydrogens is 352 g/mol. The number of thiophene rings is 1. The van der Waals surface area contributed by atoms with Crippen LogP contribution in [0.5, 0.6) is 0 Å². The highest BCUT2D eigenvalue weighted by atomic mass is 32.1. The van der Waals surface area contributed by atoms with E-state index in [1.54, 1.807) is 28.3 Å². The van der Waals surface area contributed by atoms with Gasteiger partial charge in [-0.3, -0.25) is 19.3 Å². The molecule has 3 amide bonds. The first-order valence-electron chi connectivity index (χ1n) is 8.48. The van der Waals surface area contributed by atoms with Gasteiger partial charge in [0.2, 0.25) is 17.7 Å². The van der Waals surface area contributed by atoms with Crippen molar-refractivity contribution in [2.75, 3.05) is 11.9 Å². The number of likely N-dealkylation sites (tertiary alicyclic amines) is 1. The first kappa shape index (κ1) is 16.7. The number of carbonyl (C=O) groups is 3. The standard InChI is InChI=1S/C18H18N4O3S/c23-16(11-21-17(24)13-5-1-2-6-14(13)18(21)25)20-15-7-8-19-22(15)10-12-4-3-9-26-12/h1-4,7-9,13-14H,5-6,10-11H2,(H,20,23). The number of fused-ring (bicyclic) bond motifs is 1. The van der Waals surface area contributed by atoms with Gasteiger partial charge in [-0.1, -0.05) is 18.2 Å². The van der Waals surface area contributed by atoms with E-state index in [0.29, 0.717) is 25.2 Å². The molecule has 1 N–H and O–H groups in total. The topological polar surface area (TPSA) is 84.3 Å². The Labute approximate surface area is 154 Å². The van der Waals surface area contributed by atoms with Crippen LogP contribution in [-0.2, 0) is 20.9 Å². The molecule has 4 rings (SSSR count). The minimum atomic E-state index is -0.397. The number of nitrogens with one attached hydrogen (secondary N) is 1. The van der Waals surface area contributed by atoms with Gasteiger partial charge in [0.15, 0.2) is 0 Å². The van der Waals surface area contributed by atoms with Gasteiger partial charge in [0, 0.05) is 10.9 Å². The zero-order valence-corrected chi connectivity index (χ0v) is 14.8. The predicted octanol–water partition coefficient (Wildman–Crippen LogP) is 1.88. The van der Waals surface area contributed by atoms with Crippen LogP contribution in [0.25, 0.3) is 0 Å². The smallest absolute Gasteiger partial charge is 0.245 e. The van der Waals surface area contributed by atoms with Crippen LogP contribution in [0.1, 0.15) is 17.7 Å². The van der Waals surface area contributed by atoms with Gasteiger partial charge < -0.3 is 5.32 Å². The van der Waals surface area contributed by atoms with Gasteiger partial charge in [0.25, 0.3) is 0 Å². The number of allylic oxidation sites excluding steroid dienone is 2. The second kappa shape index (κ2) is 6.87. The summed E-state index contributed by atoms with van der Waals surface area (Å²) in [7, 11) is 0. The molecule has 1 fully saturated rings. The molecule has 1 aliphatic heterocycles. The molecule has 2 aromatic rings. The number of amides is 3. The van der Waals surface area contributed by atoms with Crippen molar-refractivity contribution in [3.8, 4) is 0 Å². The summed E-state index contributed by atoms with van der Waals surface area (Å²) in [5.74, 6) is -0.972. The maximum atomic E-state index is 12.4. The lowest BCUT2D eigenvalue weighted by Crippen LogP contribution is -2.38. The summed E-state index contributed by atoms with van der Waals surface area (Å²) in [6.45, 7) is 0.298. The number of rotatable bonds is 5. The number of aromatic nitrogens is 2. The fourth-order valence-corrected chi connectivity index (χ4v) is 4.15. The lowest BCUT2D eigenvalue weighted by Gasteiger charge is -2.15. The lowest BCUT2D eigenvalue weighted by atomic mass is 9.85. The molecule has 3 heterocycles. The van der Waals surface area contributed by atoms with Crippen LogP contribution >= 0.6 is 11.3 Å². The number of hydrogen-bond donors (Lipinski definition) is 1. The predicted molar refractivity (Wildman–Crippen MR) is 96.4 cm³/mol. The number of hydrogen-bond acceptors (Lipinski definition) is 5. The Morgan fingerprint density at radius 2 is 1.92 bits per heavy atom. The molecule has 1 saturated heterocycles. The highest BCUT2D eigenvalue weighted by molar-refractivity contribution is 7.09. The van der Waals surface area contributed by atoms with Crippen LogP contribution < -0.4 is 5.32 Å². The van der Waals surface area contributed by atoms with Gasteiger partial charge in [0.1, 0.15) is 12.4 Å². The average molecular weight is 370 g/mol. The Hall–Kier alpha value is -2.74. The molecular formula is C18H18N4O3S. The van der Waals surface area contributed by atoms with Gasteiger partial charge in [-0.25, -0.2) is 4.68 Å². The molecule has 0 saturated carbocycles. The molecule has 26 heavy (non-hydrogen) atoms. The van der Waals surface area contributed by atoms with E-state index in [4.69, 9.17) is 0 Å². The minimum Gasteiger partial charge on any atom is -0.309 e. The zero-order valence-electron chi connectivity index (χ0n) is 14.0. The first-order valence-corrected chi connectivity index (χ1v) is 9.35. The second-order valence-electron chi connectivity index (χ2n) is 6.42. The van der Waals surface area contributed by atoms with E-state index in [-0.39, 0.29) is 30.2 Å². The lowest BCUT2D eigenvalue weighted by molar-refractivity contribution is -0.142. The molecule has 7 nitrogen and oxygen atoms in total. The van der Waals surface area contributed by atoms with Gasteiger partial charge in [-0.05, 0) is 24.3 Å². The molecule has 0 bridgehead atoms. The van der Waals surface area contributed by atoms with Crippen LogP contribution in [0.3, 0.4) is 0 Å². The largest absolute Gasteiger partial charge is 0.309 e. The number of carbonyl (C=O) groups excluding carboxylic acids is 3. The van der Waals surface area contributed by atoms with Crippen LogP contribution in [-0.4, -0.2) is 38.9 Å². The maximum Gasteiger partial charge on any atom is 0.245 e. The number of imide groups is 1. The van der Waals surface area contributed by atoms with E-state index in [1.165, 1.54) is 0 Å². The Balaban J connectivity index is 1.41. The van der Waals surface area contributed by atoms with E-state index in [9.17, 15) is 14.4 Å². The van der Waals surface area contributed by atoms with Gasteiger partial charge in [-0.2, -0.15) is 5.10 Å². The van der Waals surface area contributed by atoms with Crippen molar-refractivity contribution in [1.82, 2.24) is 14.7 Å². The van der Waals surface area contributed by atoms with E-state index < -0.39 is 5.91 Å². The zero-order chi connectivity index (χ0) is 18.1. The molecule has 2 aliphatic rings. The Morgan fingerprint density at radius 3 is 2.58 bits per heavy atom. The third kappa shape index (κ3) is 3.08. The summed E-state index contributed by atoms with van der Waals surface area (Å²) in [5, 5.41) is 8.96. The van der Waals surface area contributed by atoms with Crippen molar-refractivity contribution in [3.05, 3.63) is 46.8 Å². The fourth-order valence-electron chi connectivity index (χ4n) is 3.47. The number of anilines is 1. The highest BCUT2D eigenvalue weighted by Crippen LogP contribution is 2.34. The molecule has 2 unspecified atom stereocenters. The molecule has 8 heteroatoms. The van der Waals surface area contributed by atoms with Crippen molar-refractivity contribution in [1.29, 1.82) is 0 Å². The van der Waals surface area contributed by atoms with Crippen LogP contribution in [0.15, 0.2) is 41.9 Å². The molecule has 134 valence electrons. The summed E-state index contributed by atoms with van der Waals surface area (Å²) in [5.41, 5.74) is 0. The van der Waals surface area contributed by atoms with Crippen molar-refractivity contribution in [2.45, 2.75) is 19.4 Å². The third-order valence-electron chi connectivity index (χ3n) is 4.77. The Bertz CT molecular complexity index is 845. The summed E-state index contributed by atoms with van der Waals surface area (Å²) in [6.07, 6.45) is 6.61. The SMILES string of the molecule is O=C(CN1C(=O)C2CC=CCC2C1=O)Nc1ccnn1Cc1cccs1. The molecule has 0 spiro atoms. The van der Waals surface area contributed by atoms with Gasteiger partial charge >= 0.3 is 0 Å². The quantitative estimate of drug-likeness (QED) is 0.643. The van der Waals surface area contributed by atoms with Crippen LogP contribution in [0.4, 0.5) is 5.82 Å². The van der Waals surface area contributed by atoms with Crippen molar-refractivity contribution < 1.29 is 14.4 Å². The van der Waals surface area contributed by atoms with Gasteiger partial charge in [0.05, 0.1) is 24.6 Å². The molecule has 2 aromatic heterocycles. The van der Waals surface area contributed by atoms with Crippen molar-refractivity contribution in [2.24, 2.45) is 11.8 Å². The Morgan fingerprint density at radius 1 is 1.19 bits per heavy atom. The number of nitrogens with zero attached hydrogens (tertiary/aromatic N) is 3. The van der Waals surface area contributed by atoms with Crippen molar-refractivity contribution >= 4 is 34.9 Å². The molecule has 0 aromatic carbocycles. The maximum absolute atomic E-state index is 12.4. The highest BCUT2D eigenvalue weighted by Gasteiger charge is 2.47. The monoisotopic (exact) mass is 370 g/mol. The fraction of sp³-hybridized carbons (Fsp3) is 0.333. The Kier molecular flexibility index (Phi) is 4.42. The summed E-state index contributed by atoms with van der Waals surface area (Å²) < 4.78 is 1.68. The van der Waals surface area contributed by atoms with Crippen molar-refractivity contribution in [3.63, 3.8) is 0 Å². The molecule has 0 radical (unpaired) electrons. The van der Waals surface area contributed by atoms with E-state index >= 15 is 0 Å². The normalized spacial score (nSPS) is 21.9. The van der Waals surface area contributed by atoms with E-state index in [1.807, 2.05) is 29.7 Å². The second-order valence-corrected chi connectivity index (χ2v) is 7.45. The molecule has 1 aliphatic carbocycles. The van der Waals surface area contributed by atoms with Crippen LogP contribution in [0, 0.1) is 11.8 Å². The summed E-state index contributed by atoms with van der Waals surface area (Å²) in [6, 6.07) is 5.65. The molecule has 2 atom stereocenters. The third-order valence-corrected chi connectivity index (χ3v) is 5.63. The summed E-state index contributed by atoms with van der Waals surface area (Å²) >= 11 is 1.61. The van der Waals surface area contributed by atoms with Crippen LogP contribution in [0.2, 0.25) is 0 Å². The van der Waals surface area contributed by atoms with Gasteiger partial charge in [-0.15, -0.1) is 11.3 Å².